The molecular formula is C35H72N3O3+. The molecule has 0 rings (SSSR count). The van der Waals surface area contributed by atoms with Crippen LogP contribution in [-0.4, -0.2) is 66.8 Å². The summed E-state index contributed by atoms with van der Waals surface area (Å²) in [6.45, 7) is 13.4. The van der Waals surface area contributed by atoms with Crippen LogP contribution in [0.2, 0.25) is 0 Å². The van der Waals surface area contributed by atoms with Crippen LogP contribution in [0, 0.1) is 0 Å². The zero-order valence-electron chi connectivity index (χ0n) is 28.1. The highest BCUT2D eigenvalue weighted by atomic mass is 16.3. The fraction of sp³-hybridized carbons (Fsp3) is 0.943. The van der Waals surface area contributed by atoms with Gasteiger partial charge >= 0.3 is 0 Å². The van der Waals surface area contributed by atoms with E-state index in [4.69, 9.17) is 0 Å². The van der Waals surface area contributed by atoms with Gasteiger partial charge in [0.25, 0.3) is 0 Å². The van der Waals surface area contributed by atoms with E-state index in [1.807, 2.05) is 0 Å². The van der Waals surface area contributed by atoms with Crippen LogP contribution >= 0.6 is 0 Å². The molecule has 0 spiro atoms. The van der Waals surface area contributed by atoms with Crippen LogP contribution in [0.3, 0.4) is 0 Å². The minimum absolute atomic E-state index is 0.0609. The topological polar surface area (TPSA) is 78.4 Å². The van der Waals surface area contributed by atoms with Crippen molar-refractivity contribution in [1.29, 1.82) is 0 Å². The van der Waals surface area contributed by atoms with Gasteiger partial charge in [-0.3, -0.25) is 9.59 Å². The summed E-state index contributed by atoms with van der Waals surface area (Å²) >= 11 is 0. The largest absolute Gasteiger partial charge is 0.396 e. The molecule has 0 fully saturated rings. The Morgan fingerprint density at radius 3 is 1.49 bits per heavy atom. The minimum Gasteiger partial charge on any atom is -0.396 e. The first kappa shape index (κ1) is 39.9. The Labute approximate surface area is 255 Å². The number of amides is 2. The van der Waals surface area contributed by atoms with E-state index in [1.165, 1.54) is 89.9 Å². The third-order valence-corrected chi connectivity index (χ3v) is 8.95. The summed E-state index contributed by atoms with van der Waals surface area (Å²) in [6, 6.07) is 0.0609. The summed E-state index contributed by atoms with van der Waals surface area (Å²) in [5, 5.41) is 15.9. The van der Waals surface area contributed by atoms with Crippen LogP contribution in [-0.2, 0) is 9.59 Å². The molecule has 6 nitrogen and oxygen atoms in total. The summed E-state index contributed by atoms with van der Waals surface area (Å²) in [5.41, 5.74) is 0. The normalized spacial score (nSPS) is 12.4. The van der Waals surface area contributed by atoms with E-state index < -0.39 is 0 Å². The van der Waals surface area contributed by atoms with Gasteiger partial charge in [0.1, 0.15) is 0 Å². The Balaban J connectivity index is 4.38. The second kappa shape index (κ2) is 29.0. The third kappa shape index (κ3) is 24.0. The van der Waals surface area contributed by atoms with E-state index in [0.717, 1.165) is 62.8 Å². The first-order valence-electron chi connectivity index (χ1n) is 18.0. The lowest BCUT2D eigenvalue weighted by Gasteiger charge is -2.40. The standard InChI is InChI=1S/C35H71N3O3/c1-5-9-11-13-15-17-19-21-23-27-34(40)36-29-30-38(7-3,8-4)32-33(26-25-31-39)37-35(41)28-24-22-20-18-16-14-12-10-6-2/h33,39H,5-32H2,1-4H3,(H-,36,37,40,41)/p+1. The summed E-state index contributed by atoms with van der Waals surface area (Å²) in [7, 11) is 0. The number of carbonyl (C=O) groups is 2. The number of rotatable bonds is 31. The van der Waals surface area contributed by atoms with E-state index in [1.54, 1.807) is 0 Å². The van der Waals surface area contributed by atoms with E-state index in [2.05, 4.69) is 38.3 Å². The Hall–Kier alpha value is -1.14. The van der Waals surface area contributed by atoms with Gasteiger partial charge in [-0.1, -0.05) is 117 Å². The van der Waals surface area contributed by atoms with Crippen molar-refractivity contribution in [2.75, 3.05) is 39.3 Å². The first-order chi connectivity index (χ1) is 20.0. The van der Waals surface area contributed by atoms with Gasteiger partial charge in [-0.2, -0.15) is 0 Å². The third-order valence-electron chi connectivity index (χ3n) is 8.95. The van der Waals surface area contributed by atoms with Gasteiger partial charge in [0.05, 0.1) is 38.8 Å². The molecule has 41 heavy (non-hydrogen) atoms. The minimum atomic E-state index is 0.0609. The maximum absolute atomic E-state index is 12.8. The molecule has 0 aliphatic rings. The van der Waals surface area contributed by atoms with Crippen LogP contribution in [0.25, 0.3) is 0 Å². The second-order valence-corrected chi connectivity index (χ2v) is 12.5. The Kier molecular flexibility index (Phi) is 28.2. The molecule has 0 aromatic carbocycles. The van der Waals surface area contributed by atoms with E-state index in [9.17, 15) is 14.7 Å². The molecule has 0 radical (unpaired) electrons. The molecule has 0 saturated heterocycles. The van der Waals surface area contributed by atoms with Crippen LogP contribution in [0.1, 0.15) is 169 Å². The molecule has 1 unspecified atom stereocenters. The van der Waals surface area contributed by atoms with Crippen molar-refractivity contribution in [3.63, 3.8) is 0 Å². The number of aliphatic hydroxyl groups is 1. The van der Waals surface area contributed by atoms with Crippen molar-refractivity contribution in [2.24, 2.45) is 0 Å². The maximum Gasteiger partial charge on any atom is 0.220 e. The average molecular weight is 583 g/mol. The summed E-state index contributed by atoms with van der Waals surface area (Å²) in [6.07, 6.45) is 25.4. The fourth-order valence-corrected chi connectivity index (χ4v) is 5.92. The van der Waals surface area contributed by atoms with Crippen LogP contribution in [0.5, 0.6) is 0 Å². The number of nitrogens with one attached hydrogen (secondary N) is 2. The maximum atomic E-state index is 12.8. The molecule has 1 atom stereocenters. The van der Waals surface area contributed by atoms with Gasteiger partial charge in [-0.25, -0.2) is 0 Å². The van der Waals surface area contributed by atoms with Crippen molar-refractivity contribution in [3.05, 3.63) is 0 Å². The number of unbranched alkanes of at least 4 members (excludes halogenated alkanes) is 16. The van der Waals surface area contributed by atoms with E-state index in [-0.39, 0.29) is 24.5 Å². The molecule has 2 amide bonds. The van der Waals surface area contributed by atoms with Crippen molar-refractivity contribution in [3.8, 4) is 0 Å². The lowest BCUT2D eigenvalue weighted by Crippen LogP contribution is -2.58. The molecule has 244 valence electrons. The smallest absolute Gasteiger partial charge is 0.220 e. The lowest BCUT2D eigenvalue weighted by atomic mass is 10.1. The van der Waals surface area contributed by atoms with Crippen molar-refractivity contribution >= 4 is 11.8 Å². The number of hydrogen-bond donors (Lipinski definition) is 3. The number of hydrogen-bond acceptors (Lipinski definition) is 3. The van der Waals surface area contributed by atoms with Gasteiger partial charge in [-0.15, -0.1) is 0 Å². The van der Waals surface area contributed by atoms with Crippen LogP contribution in [0.4, 0.5) is 0 Å². The fourth-order valence-electron chi connectivity index (χ4n) is 5.92. The lowest BCUT2D eigenvalue weighted by molar-refractivity contribution is -0.924. The number of nitrogens with zero attached hydrogens (tertiary/aromatic N) is 1. The highest BCUT2D eigenvalue weighted by Crippen LogP contribution is 2.14. The van der Waals surface area contributed by atoms with Gasteiger partial charge in [0.2, 0.25) is 11.8 Å². The molecular weight excluding hydrogens is 510 g/mol. The average Bonchev–Trinajstić information content (AvgIpc) is 2.97. The molecule has 0 aliphatic carbocycles. The zero-order valence-corrected chi connectivity index (χ0v) is 28.1. The van der Waals surface area contributed by atoms with Crippen molar-refractivity contribution in [2.45, 2.75) is 175 Å². The molecule has 0 saturated carbocycles. The molecule has 0 aliphatic heterocycles. The summed E-state index contributed by atoms with van der Waals surface area (Å²) < 4.78 is 0.868. The molecule has 0 heterocycles. The first-order valence-corrected chi connectivity index (χ1v) is 18.0. The Morgan fingerprint density at radius 2 is 1.05 bits per heavy atom. The van der Waals surface area contributed by atoms with Crippen molar-refractivity contribution in [1.82, 2.24) is 10.6 Å². The number of aliphatic hydroxyl groups excluding tert-OH is 1. The molecule has 0 aromatic rings. The predicted molar refractivity (Wildman–Crippen MR) is 176 cm³/mol. The van der Waals surface area contributed by atoms with E-state index in [0.29, 0.717) is 25.8 Å². The van der Waals surface area contributed by atoms with Gasteiger partial charge < -0.3 is 20.2 Å². The van der Waals surface area contributed by atoms with Gasteiger partial charge in [0, 0.05) is 19.4 Å². The molecule has 3 N–H and O–H groups in total. The SMILES string of the molecule is CCCCCCCCCCCC(=O)NCC[N+](CC)(CC)CC(CCCO)NC(=O)CCCCCCCCCCC. The Bertz CT molecular complexity index is 595. The molecule has 0 aromatic heterocycles. The quantitative estimate of drug-likeness (QED) is 0.0571. The second-order valence-electron chi connectivity index (χ2n) is 12.5. The predicted octanol–water partition coefficient (Wildman–Crippen LogP) is 8.06. The van der Waals surface area contributed by atoms with Crippen molar-refractivity contribution < 1.29 is 19.2 Å². The van der Waals surface area contributed by atoms with Gasteiger partial charge in [0.15, 0.2) is 0 Å². The number of quaternary nitrogens is 1. The Morgan fingerprint density at radius 1 is 0.610 bits per heavy atom. The zero-order chi connectivity index (χ0) is 30.4. The highest BCUT2D eigenvalue weighted by Gasteiger charge is 2.28. The molecule has 6 heteroatoms. The molecule has 0 bridgehead atoms. The van der Waals surface area contributed by atoms with E-state index >= 15 is 0 Å². The number of likely N-dealkylation sites (N-methyl/N-ethyl adjacent to an activating group) is 1. The van der Waals surface area contributed by atoms with Crippen LogP contribution in [0.15, 0.2) is 0 Å². The number of carbonyl (C=O) groups excluding carboxylic acids is 2. The summed E-state index contributed by atoms with van der Waals surface area (Å²) in [4.78, 5) is 25.2. The van der Waals surface area contributed by atoms with Gasteiger partial charge in [-0.05, 0) is 39.5 Å². The summed E-state index contributed by atoms with van der Waals surface area (Å²) in [5.74, 6) is 0.319. The monoisotopic (exact) mass is 583 g/mol. The van der Waals surface area contributed by atoms with Crippen LogP contribution < -0.4 is 10.6 Å². The highest BCUT2D eigenvalue weighted by molar-refractivity contribution is 5.76.